The first-order valence-electron chi connectivity index (χ1n) is 14.0. The van der Waals surface area contributed by atoms with Gasteiger partial charge in [-0.2, -0.15) is 0 Å². The molecule has 0 aromatic heterocycles. The number of hydrogen-bond donors (Lipinski definition) is 3. The summed E-state index contributed by atoms with van der Waals surface area (Å²) in [6.45, 7) is 18.8. The monoisotopic (exact) mass is 580 g/mol. The molecule has 3 aliphatic carbocycles. The van der Waals surface area contributed by atoms with Gasteiger partial charge in [0.25, 0.3) is 5.91 Å². The van der Waals surface area contributed by atoms with Gasteiger partial charge in [0.15, 0.2) is 0 Å². The number of carbonyl (C=O) groups excluding carboxylic acids is 4. The lowest BCUT2D eigenvalue weighted by molar-refractivity contribution is -0.144. The van der Waals surface area contributed by atoms with Crippen molar-refractivity contribution in [3.8, 4) is 0 Å². The normalized spacial score (nSPS) is 31.4. The van der Waals surface area contributed by atoms with Crippen LogP contribution in [0.15, 0.2) is 12.7 Å². The average molecular weight is 581 g/mol. The van der Waals surface area contributed by atoms with E-state index in [9.17, 15) is 27.6 Å². The van der Waals surface area contributed by atoms with Crippen LogP contribution in [0.5, 0.6) is 0 Å². The van der Waals surface area contributed by atoms with E-state index >= 15 is 0 Å². The number of piperidine rings is 1. The summed E-state index contributed by atoms with van der Waals surface area (Å²) >= 11 is 0. The molecule has 0 aromatic carbocycles. The van der Waals surface area contributed by atoms with E-state index in [0.29, 0.717) is 19.4 Å². The number of alkyl carbamates (subject to hydrolysis) is 1. The zero-order valence-corrected chi connectivity index (χ0v) is 25.6. The topological polar surface area (TPSA) is 151 Å². The van der Waals surface area contributed by atoms with Gasteiger partial charge in [-0.25, -0.2) is 13.2 Å². The predicted molar refractivity (Wildman–Crippen MR) is 148 cm³/mol. The van der Waals surface area contributed by atoms with Crippen molar-refractivity contribution in [2.45, 2.75) is 103 Å². The Bertz CT molecular complexity index is 1230. The highest BCUT2D eigenvalue weighted by molar-refractivity contribution is 7.91. The quantitative estimate of drug-likeness (QED) is 0.372. The highest BCUT2D eigenvalue weighted by Gasteiger charge is 2.71. The lowest BCUT2D eigenvalue weighted by atomic mass is 9.85. The van der Waals surface area contributed by atoms with Gasteiger partial charge in [-0.1, -0.05) is 40.7 Å². The van der Waals surface area contributed by atoms with Crippen molar-refractivity contribution in [3.05, 3.63) is 12.7 Å². The van der Waals surface area contributed by atoms with Gasteiger partial charge in [0.1, 0.15) is 23.2 Å². The molecule has 40 heavy (non-hydrogen) atoms. The van der Waals surface area contributed by atoms with E-state index in [-0.39, 0.29) is 23.7 Å². The molecule has 4 amide bonds. The molecule has 12 heteroatoms. The molecule has 4 fully saturated rings. The fraction of sp³-hybridized carbons (Fsp3) is 0.786. The number of likely N-dealkylation sites (tertiary alicyclic amines) is 1. The molecule has 2 unspecified atom stereocenters. The van der Waals surface area contributed by atoms with E-state index in [4.69, 9.17) is 4.74 Å². The van der Waals surface area contributed by atoms with Gasteiger partial charge >= 0.3 is 6.09 Å². The lowest BCUT2D eigenvalue weighted by Gasteiger charge is -2.38. The van der Waals surface area contributed by atoms with Gasteiger partial charge in [0.05, 0.1) is 5.25 Å². The molecule has 1 aliphatic heterocycles. The summed E-state index contributed by atoms with van der Waals surface area (Å²) in [5, 5.41) is 4.95. The third-order valence-electron chi connectivity index (χ3n) is 8.78. The second-order valence-corrected chi connectivity index (χ2v) is 16.5. The third-order valence-corrected chi connectivity index (χ3v) is 10.6. The van der Waals surface area contributed by atoms with Crippen LogP contribution >= 0.6 is 0 Å². The third kappa shape index (κ3) is 5.60. The van der Waals surface area contributed by atoms with Crippen LogP contribution in [0, 0.1) is 28.6 Å². The minimum Gasteiger partial charge on any atom is -0.444 e. The molecule has 11 nitrogen and oxygen atoms in total. The van der Waals surface area contributed by atoms with E-state index in [1.165, 1.54) is 11.0 Å². The minimum atomic E-state index is -3.82. The number of ether oxygens (including phenoxy) is 1. The van der Waals surface area contributed by atoms with Crippen molar-refractivity contribution < 1.29 is 32.3 Å². The Balaban J connectivity index is 1.57. The molecule has 0 aromatic rings. The number of amides is 4. The Morgan fingerprint density at radius 3 is 2.15 bits per heavy atom. The number of hydrogen-bond acceptors (Lipinski definition) is 7. The van der Waals surface area contributed by atoms with Crippen LogP contribution in [0.2, 0.25) is 0 Å². The highest BCUT2D eigenvalue weighted by atomic mass is 32.2. The number of nitrogens with one attached hydrogen (secondary N) is 3. The van der Waals surface area contributed by atoms with Crippen molar-refractivity contribution in [1.29, 1.82) is 0 Å². The lowest BCUT2D eigenvalue weighted by Crippen LogP contribution is -2.61. The van der Waals surface area contributed by atoms with Crippen molar-refractivity contribution >= 4 is 33.8 Å². The summed E-state index contributed by atoms with van der Waals surface area (Å²) in [7, 11) is -3.82. The Morgan fingerprint density at radius 2 is 1.68 bits per heavy atom. The SMILES string of the molecule is C=CC1C[C@]1(NC(=O)[C@@H]1[C@@H]2C(CN1C(=O)[C@@H](NC(=O)OC(C)(C)C)C(C)(C)C)C2(C)C)C(=O)NS(=O)(=O)C1CC1. The van der Waals surface area contributed by atoms with E-state index in [0.717, 1.165) is 0 Å². The Morgan fingerprint density at radius 1 is 1.07 bits per heavy atom. The van der Waals surface area contributed by atoms with E-state index in [2.05, 4.69) is 21.9 Å². The van der Waals surface area contributed by atoms with Crippen LogP contribution in [0.1, 0.15) is 74.7 Å². The van der Waals surface area contributed by atoms with Crippen LogP contribution in [0.3, 0.4) is 0 Å². The number of rotatable bonds is 8. The first-order chi connectivity index (χ1) is 18.2. The molecular weight excluding hydrogens is 536 g/mol. The minimum absolute atomic E-state index is 0.0729. The van der Waals surface area contributed by atoms with Gasteiger partial charge in [-0.3, -0.25) is 19.1 Å². The van der Waals surface area contributed by atoms with E-state index < -0.39 is 73.6 Å². The fourth-order valence-electron chi connectivity index (χ4n) is 6.06. The van der Waals surface area contributed by atoms with E-state index in [1.54, 1.807) is 20.8 Å². The standard InChI is InChI=1S/C28H44N4O7S/c1-10-15-13-28(15,23(35)31-40(37,38)16-11-12-16)30-21(33)19-18-17(27(18,8)9)14-32(19)22(34)20(25(2,3)4)29-24(36)39-26(5,6)7/h10,15-20H,1,11-14H2,2-9H3,(H,29,36)(H,30,33)(H,31,35)/t15?,17?,18-,19-,20+,28+/m0/s1. The Hall–Kier alpha value is -2.63. The van der Waals surface area contributed by atoms with Crippen LogP contribution < -0.4 is 15.4 Å². The van der Waals surface area contributed by atoms with Crippen LogP contribution in [-0.4, -0.2) is 72.2 Å². The molecule has 0 spiro atoms. The summed E-state index contributed by atoms with van der Waals surface area (Å²) in [4.78, 5) is 55.3. The second kappa shape index (κ2) is 9.46. The Kier molecular flexibility index (Phi) is 7.17. The van der Waals surface area contributed by atoms with Crippen LogP contribution in [0.25, 0.3) is 0 Å². The molecule has 4 aliphatic rings. The second-order valence-electron chi connectivity index (χ2n) is 14.5. The van der Waals surface area contributed by atoms with E-state index in [1.807, 2.05) is 34.6 Å². The molecule has 1 heterocycles. The zero-order valence-electron chi connectivity index (χ0n) is 24.8. The zero-order chi connectivity index (χ0) is 30.2. The molecule has 224 valence electrons. The molecule has 3 N–H and O–H groups in total. The van der Waals surface area contributed by atoms with Gasteiger partial charge in [-0.15, -0.1) is 6.58 Å². The first-order valence-corrected chi connectivity index (χ1v) is 15.5. The maximum atomic E-state index is 14.0. The van der Waals surface area contributed by atoms with Gasteiger partial charge in [0, 0.05) is 12.5 Å². The smallest absolute Gasteiger partial charge is 0.408 e. The average Bonchev–Trinajstić information content (AvgIpc) is 3.73. The van der Waals surface area contributed by atoms with Gasteiger partial charge < -0.3 is 20.3 Å². The summed E-state index contributed by atoms with van der Waals surface area (Å²) in [5.74, 6) is -2.21. The largest absolute Gasteiger partial charge is 0.444 e. The predicted octanol–water partition coefficient (Wildman–Crippen LogP) is 2.08. The van der Waals surface area contributed by atoms with Crippen LogP contribution in [-0.2, 0) is 29.1 Å². The van der Waals surface area contributed by atoms with Crippen molar-refractivity contribution in [2.24, 2.45) is 28.6 Å². The number of fused-ring (bicyclic) bond motifs is 1. The molecule has 3 saturated carbocycles. The maximum Gasteiger partial charge on any atom is 0.408 e. The molecule has 1 saturated heterocycles. The molecule has 0 radical (unpaired) electrons. The molecular formula is C28H44N4O7S. The molecule has 0 bridgehead atoms. The van der Waals surface area contributed by atoms with Crippen LogP contribution in [0.4, 0.5) is 4.79 Å². The first kappa shape index (κ1) is 30.3. The number of nitrogens with zero attached hydrogens (tertiary/aromatic N) is 1. The maximum absolute atomic E-state index is 14.0. The number of sulfonamides is 1. The summed E-state index contributed by atoms with van der Waals surface area (Å²) in [6.07, 6.45) is 2.01. The molecule has 6 atom stereocenters. The van der Waals surface area contributed by atoms with Crippen molar-refractivity contribution in [2.75, 3.05) is 6.54 Å². The summed E-state index contributed by atoms with van der Waals surface area (Å²) in [5.41, 5.74) is -3.09. The van der Waals surface area contributed by atoms with Gasteiger partial charge in [0.2, 0.25) is 21.8 Å². The summed E-state index contributed by atoms with van der Waals surface area (Å²) < 4.78 is 32.5. The van der Waals surface area contributed by atoms with Crippen molar-refractivity contribution in [3.63, 3.8) is 0 Å². The number of carbonyl (C=O) groups is 4. The van der Waals surface area contributed by atoms with Crippen molar-refractivity contribution in [1.82, 2.24) is 20.3 Å². The van der Waals surface area contributed by atoms with Gasteiger partial charge in [-0.05, 0) is 62.7 Å². The fourth-order valence-corrected chi connectivity index (χ4v) is 7.43. The Labute approximate surface area is 237 Å². The molecule has 4 rings (SSSR count). The summed E-state index contributed by atoms with van der Waals surface area (Å²) in [6, 6.07) is -1.85. The highest BCUT2D eigenvalue weighted by Crippen LogP contribution is 2.65.